The Hall–Kier alpha value is -2.89. The zero-order chi connectivity index (χ0) is 15.4. The van der Waals surface area contributed by atoms with Crippen molar-refractivity contribution in [3.05, 3.63) is 63.7 Å². The Kier molecular flexibility index (Phi) is 4.18. The Balaban J connectivity index is 2.42. The van der Waals surface area contributed by atoms with Crippen LogP contribution < -0.4 is 5.32 Å². The summed E-state index contributed by atoms with van der Waals surface area (Å²) in [6.07, 6.45) is 0.840. The molecule has 0 aliphatic rings. The van der Waals surface area contributed by atoms with Gasteiger partial charge in [-0.15, -0.1) is 0 Å². The minimum atomic E-state index is -1.13. The molecule has 0 saturated carbocycles. The summed E-state index contributed by atoms with van der Waals surface area (Å²) >= 11 is 0. The van der Waals surface area contributed by atoms with Crippen LogP contribution in [0.3, 0.4) is 0 Å². The molecule has 0 spiro atoms. The molecular formula is C15H14N2O4. The first kappa shape index (κ1) is 14.5. The Labute approximate surface area is 121 Å². The third-order valence-corrected chi connectivity index (χ3v) is 3.05. The molecule has 0 heterocycles. The van der Waals surface area contributed by atoms with Crippen molar-refractivity contribution < 1.29 is 14.8 Å². The highest BCUT2D eigenvalue weighted by Gasteiger charge is 2.16. The minimum absolute atomic E-state index is 0.00486. The molecule has 2 aromatic carbocycles. The molecule has 2 aromatic rings. The van der Waals surface area contributed by atoms with E-state index >= 15 is 0 Å². The molecule has 6 nitrogen and oxygen atoms in total. The maximum Gasteiger partial charge on any atom is 0.335 e. The summed E-state index contributed by atoms with van der Waals surface area (Å²) in [7, 11) is 0. The maximum atomic E-state index is 11.0. The van der Waals surface area contributed by atoms with Crippen molar-refractivity contribution in [2.24, 2.45) is 0 Å². The maximum absolute atomic E-state index is 11.0. The van der Waals surface area contributed by atoms with E-state index in [-0.39, 0.29) is 16.9 Å². The quantitative estimate of drug-likeness (QED) is 0.647. The van der Waals surface area contributed by atoms with Gasteiger partial charge in [0.1, 0.15) is 5.69 Å². The fraction of sp³-hybridized carbons (Fsp3) is 0.133. The van der Waals surface area contributed by atoms with E-state index in [4.69, 9.17) is 5.11 Å². The molecule has 0 saturated heterocycles. The SMILES string of the molecule is CCc1cccc(Nc2cc(C(=O)O)ccc2[N+](=O)[O-])c1. The number of carboxylic acid groups (broad SMARTS) is 1. The molecule has 0 aliphatic heterocycles. The summed E-state index contributed by atoms with van der Waals surface area (Å²) in [6, 6.07) is 11.1. The summed E-state index contributed by atoms with van der Waals surface area (Å²) in [5.41, 5.74) is 1.75. The molecule has 2 rings (SSSR count). The van der Waals surface area contributed by atoms with E-state index in [1.807, 2.05) is 25.1 Å². The Bertz CT molecular complexity index is 698. The van der Waals surface area contributed by atoms with Gasteiger partial charge in [0.2, 0.25) is 0 Å². The highest BCUT2D eigenvalue weighted by molar-refractivity contribution is 5.90. The number of rotatable bonds is 5. The lowest BCUT2D eigenvalue weighted by molar-refractivity contribution is -0.383. The van der Waals surface area contributed by atoms with Crippen molar-refractivity contribution in [3.63, 3.8) is 0 Å². The van der Waals surface area contributed by atoms with Gasteiger partial charge in [-0.2, -0.15) is 0 Å². The lowest BCUT2D eigenvalue weighted by atomic mass is 10.1. The third-order valence-electron chi connectivity index (χ3n) is 3.05. The van der Waals surface area contributed by atoms with Crippen LogP contribution in [0.2, 0.25) is 0 Å². The largest absolute Gasteiger partial charge is 0.478 e. The van der Waals surface area contributed by atoms with Gasteiger partial charge in [-0.1, -0.05) is 19.1 Å². The van der Waals surface area contributed by atoms with Crippen LogP contribution in [0.25, 0.3) is 0 Å². The standard InChI is InChI=1S/C15H14N2O4/c1-2-10-4-3-5-12(8-10)16-13-9-11(15(18)19)6-7-14(13)17(20)21/h3-9,16H,2H2,1H3,(H,18,19). The third kappa shape index (κ3) is 3.36. The van der Waals surface area contributed by atoms with Crippen LogP contribution in [0.4, 0.5) is 17.1 Å². The Morgan fingerprint density at radius 2 is 2.05 bits per heavy atom. The van der Waals surface area contributed by atoms with Crippen molar-refractivity contribution in [2.45, 2.75) is 13.3 Å². The van der Waals surface area contributed by atoms with E-state index in [1.165, 1.54) is 18.2 Å². The Morgan fingerprint density at radius 3 is 2.67 bits per heavy atom. The van der Waals surface area contributed by atoms with Crippen LogP contribution in [-0.4, -0.2) is 16.0 Å². The van der Waals surface area contributed by atoms with E-state index in [2.05, 4.69) is 5.32 Å². The number of hydrogen-bond donors (Lipinski definition) is 2. The summed E-state index contributed by atoms with van der Waals surface area (Å²) in [5.74, 6) is -1.13. The van der Waals surface area contributed by atoms with Gasteiger partial charge in [0.05, 0.1) is 10.5 Å². The first-order chi connectivity index (χ1) is 10.0. The summed E-state index contributed by atoms with van der Waals surface area (Å²) < 4.78 is 0. The fourth-order valence-electron chi connectivity index (χ4n) is 1.95. The lowest BCUT2D eigenvalue weighted by Crippen LogP contribution is -2.02. The summed E-state index contributed by atoms with van der Waals surface area (Å²) in [6.45, 7) is 2.01. The summed E-state index contributed by atoms with van der Waals surface area (Å²) in [4.78, 5) is 21.5. The molecule has 21 heavy (non-hydrogen) atoms. The predicted molar refractivity (Wildman–Crippen MR) is 79.2 cm³/mol. The van der Waals surface area contributed by atoms with Crippen molar-refractivity contribution in [3.8, 4) is 0 Å². The zero-order valence-electron chi connectivity index (χ0n) is 11.4. The van der Waals surface area contributed by atoms with Gasteiger partial charge in [0.15, 0.2) is 0 Å². The number of nitro benzene ring substituents is 1. The average molecular weight is 286 g/mol. The smallest absolute Gasteiger partial charge is 0.335 e. The number of aryl methyl sites for hydroxylation is 1. The highest BCUT2D eigenvalue weighted by Crippen LogP contribution is 2.29. The van der Waals surface area contributed by atoms with Gasteiger partial charge in [-0.25, -0.2) is 4.79 Å². The molecule has 0 fully saturated rings. The van der Waals surface area contributed by atoms with Crippen LogP contribution in [0, 0.1) is 10.1 Å². The van der Waals surface area contributed by atoms with E-state index in [0.717, 1.165) is 12.0 Å². The molecule has 0 radical (unpaired) electrons. The second kappa shape index (κ2) is 6.04. The molecule has 0 bridgehead atoms. The van der Waals surface area contributed by atoms with Gasteiger partial charge >= 0.3 is 5.97 Å². The summed E-state index contributed by atoms with van der Waals surface area (Å²) in [5, 5.41) is 22.9. The molecular weight excluding hydrogens is 272 g/mol. The normalized spacial score (nSPS) is 10.1. The minimum Gasteiger partial charge on any atom is -0.478 e. The highest BCUT2D eigenvalue weighted by atomic mass is 16.6. The van der Waals surface area contributed by atoms with Crippen molar-refractivity contribution in [1.29, 1.82) is 0 Å². The number of carbonyl (C=O) groups is 1. The molecule has 108 valence electrons. The van der Waals surface area contributed by atoms with Crippen LogP contribution in [0.5, 0.6) is 0 Å². The number of carboxylic acids is 1. The number of nitrogens with one attached hydrogen (secondary N) is 1. The number of aromatic carboxylic acids is 1. The van der Waals surface area contributed by atoms with Crippen LogP contribution in [0.15, 0.2) is 42.5 Å². The fourth-order valence-corrected chi connectivity index (χ4v) is 1.95. The van der Waals surface area contributed by atoms with E-state index in [9.17, 15) is 14.9 Å². The van der Waals surface area contributed by atoms with Gasteiger partial charge in [-0.05, 0) is 36.2 Å². The average Bonchev–Trinajstić information content (AvgIpc) is 2.47. The number of hydrogen-bond acceptors (Lipinski definition) is 4. The second-order valence-electron chi connectivity index (χ2n) is 4.47. The molecule has 0 atom stereocenters. The number of nitro groups is 1. The monoisotopic (exact) mass is 286 g/mol. The van der Waals surface area contributed by atoms with Crippen molar-refractivity contribution in [2.75, 3.05) is 5.32 Å². The molecule has 6 heteroatoms. The van der Waals surface area contributed by atoms with Gasteiger partial charge in [-0.3, -0.25) is 10.1 Å². The van der Waals surface area contributed by atoms with Gasteiger partial charge in [0, 0.05) is 11.8 Å². The van der Waals surface area contributed by atoms with E-state index < -0.39 is 10.9 Å². The molecule has 0 aliphatic carbocycles. The van der Waals surface area contributed by atoms with E-state index in [0.29, 0.717) is 5.69 Å². The van der Waals surface area contributed by atoms with Crippen LogP contribution in [-0.2, 0) is 6.42 Å². The molecule has 0 unspecified atom stereocenters. The number of benzene rings is 2. The van der Waals surface area contributed by atoms with Crippen LogP contribution in [0.1, 0.15) is 22.8 Å². The van der Waals surface area contributed by atoms with Crippen molar-refractivity contribution in [1.82, 2.24) is 0 Å². The zero-order valence-corrected chi connectivity index (χ0v) is 11.4. The van der Waals surface area contributed by atoms with Crippen molar-refractivity contribution >= 4 is 23.0 Å². The number of anilines is 2. The Morgan fingerprint density at radius 1 is 1.29 bits per heavy atom. The topological polar surface area (TPSA) is 92.5 Å². The van der Waals surface area contributed by atoms with Gasteiger partial charge < -0.3 is 10.4 Å². The molecule has 0 amide bonds. The van der Waals surface area contributed by atoms with Crippen LogP contribution >= 0.6 is 0 Å². The second-order valence-corrected chi connectivity index (χ2v) is 4.47. The van der Waals surface area contributed by atoms with Gasteiger partial charge in [0.25, 0.3) is 5.69 Å². The first-order valence-corrected chi connectivity index (χ1v) is 6.39. The lowest BCUT2D eigenvalue weighted by Gasteiger charge is -2.09. The first-order valence-electron chi connectivity index (χ1n) is 6.39. The molecule has 2 N–H and O–H groups in total. The molecule has 0 aromatic heterocycles. The number of nitrogens with zero attached hydrogens (tertiary/aromatic N) is 1. The van der Waals surface area contributed by atoms with E-state index in [1.54, 1.807) is 6.07 Å². The predicted octanol–water partition coefficient (Wildman–Crippen LogP) is 3.60.